The van der Waals surface area contributed by atoms with Crippen molar-refractivity contribution in [1.29, 1.82) is 0 Å². The fourth-order valence-electron chi connectivity index (χ4n) is 3.11. The molecule has 28 heavy (non-hydrogen) atoms. The van der Waals surface area contributed by atoms with E-state index in [2.05, 4.69) is 0 Å². The van der Waals surface area contributed by atoms with Crippen LogP contribution in [0.4, 0.5) is 0 Å². The molecule has 8 nitrogen and oxygen atoms in total. The summed E-state index contributed by atoms with van der Waals surface area (Å²) >= 11 is 0. The fourth-order valence-corrected chi connectivity index (χ4v) is 3.11. The third kappa shape index (κ3) is 4.33. The van der Waals surface area contributed by atoms with Gasteiger partial charge in [-0.05, 0) is 31.8 Å². The van der Waals surface area contributed by atoms with Gasteiger partial charge in [-0.25, -0.2) is 0 Å². The average Bonchev–Trinajstić information content (AvgIpc) is 2.89. The Kier molecular flexibility index (Phi) is 6.80. The molecule has 152 valence electrons. The van der Waals surface area contributed by atoms with E-state index in [0.717, 1.165) is 0 Å². The fraction of sp³-hybridized carbons (Fsp3) is 0.450. The molecule has 1 unspecified atom stereocenters. The number of methoxy groups -OCH3 is 1. The highest BCUT2D eigenvalue weighted by Crippen LogP contribution is 2.41. The number of carbonyl (C=O) groups is 3. The zero-order valence-corrected chi connectivity index (χ0v) is 16.8. The van der Waals surface area contributed by atoms with E-state index in [1.165, 1.54) is 18.9 Å². The quantitative estimate of drug-likeness (QED) is 0.534. The number of likely N-dealkylation sites (N-methyl/N-ethyl adjacent to an activating group) is 1. The molecule has 1 amide bonds. The van der Waals surface area contributed by atoms with Crippen LogP contribution in [0.2, 0.25) is 0 Å². The normalized spacial score (nSPS) is 16.7. The molecule has 1 aromatic rings. The number of hydrogen-bond donors (Lipinski definition) is 1. The van der Waals surface area contributed by atoms with Crippen molar-refractivity contribution in [2.24, 2.45) is 0 Å². The first-order chi connectivity index (χ1) is 13.2. The summed E-state index contributed by atoms with van der Waals surface area (Å²) < 4.78 is 10.4. The van der Waals surface area contributed by atoms with E-state index < -0.39 is 23.7 Å². The van der Waals surface area contributed by atoms with Crippen molar-refractivity contribution in [2.45, 2.75) is 26.3 Å². The van der Waals surface area contributed by atoms with Crippen LogP contribution in [0.15, 0.2) is 29.5 Å². The molecule has 1 N–H and O–H groups in total. The first-order valence-electron chi connectivity index (χ1n) is 8.99. The van der Waals surface area contributed by atoms with Crippen molar-refractivity contribution in [1.82, 2.24) is 9.80 Å². The van der Waals surface area contributed by atoms with Gasteiger partial charge >= 0.3 is 5.97 Å². The summed E-state index contributed by atoms with van der Waals surface area (Å²) in [5.74, 6) is -1.42. The molecule has 1 aliphatic heterocycles. The van der Waals surface area contributed by atoms with Crippen LogP contribution in [-0.4, -0.2) is 66.9 Å². The van der Waals surface area contributed by atoms with Gasteiger partial charge in [0, 0.05) is 26.4 Å². The first-order valence-corrected chi connectivity index (χ1v) is 8.99. The summed E-state index contributed by atoms with van der Waals surface area (Å²) in [7, 11) is 5.18. The predicted octanol–water partition coefficient (Wildman–Crippen LogP) is 1.86. The minimum atomic E-state index is -0.764. The van der Waals surface area contributed by atoms with Crippen LogP contribution in [0.3, 0.4) is 0 Å². The molecule has 2 rings (SSSR count). The van der Waals surface area contributed by atoms with Crippen molar-refractivity contribution in [3.05, 3.63) is 35.1 Å². The second-order valence-corrected chi connectivity index (χ2v) is 6.75. The Morgan fingerprint density at radius 3 is 2.46 bits per heavy atom. The number of rotatable bonds is 8. The molecular formula is C20H26N2O6. The molecule has 0 aliphatic carbocycles. The smallest absolute Gasteiger partial charge is 0.308 e. The van der Waals surface area contributed by atoms with Gasteiger partial charge in [0.05, 0.1) is 18.7 Å². The number of hydrogen-bond acceptors (Lipinski definition) is 7. The molecule has 1 aromatic carbocycles. The Bertz CT molecular complexity index is 815. The lowest BCUT2D eigenvalue weighted by atomic mass is 9.94. The maximum absolute atomic E-state index is 12.7. The Morgan fingerprint density at radius 2 is 1.93 bits per heavy atom. The monoisotopic (exact) mass is 390 g/mol. The van der Waals surface area contributed by atoms with Crippen molar-refractivity contribution < 1.29 is 29.0 Å². The van der Waals surface area contributed by atoms with Crippen LogP contribution in [0.1, 0.15) is 31.9 Å². The maximum Gasteiger partial charge on any atom is 0.308 e. The lowest BCUT2D eigenvalue weighted by Crippen LogP contribution is -2.36. The van der Waals surface area contributed by atoms with Gasteiger partial charge in [0.25, 0.3) is 5.91 Å². The summed E-state index contributed by atoms with van der Waals surface area (Å²) in [5.41, 5.74) is 0.607. The number of benzene rings is 1. The lowest BCUT2D eigenvalue weighted by molar-refractivity contribution is -0.132. The van der Waals surface area contributed by atoms with Gasteiger partial charge < -0.3 is 24.4 Å². The van der Waals surface area contributed by atoms with Crippen LogP contribution in [0.5, 0.6) is 11.5 Å². The number of esters is 1. The SMILES string of the molecule is CCC(=O)C1=C(O)C(=O)N(CCN(C)C)C1c1ccc(OC)c(OC(C)=O)c1. The highest BCUT2D eigenvalue weighted by atomic mass is 16.6. The summed E-state index contributed by atoms with van der Waals surface area (Å²) in [5, 5.41) is 10.4. The third-order valence-electron chi connectivity index (χ3n) is 4.47. The van der Waals surface area contributed by atoms with E-state index >= 15 is 0 Å². The number of nitrogens with zero attached hydrogens (tertiary/aromatic N) is 2. The minimum Gasteiger partial charge on any atom is -0.503 e. The van der Waals surface area contributed by atoms with Crippen LogP contribution in [0, 0.1) is 0 Å². The zero-order chi connectivity index (χ0) is 21.0. The van der Waals surface area contributed by atoms with E-state index in [0.29, 0.717) is 24.4 Å². The van der Waals surface area contributed by atoms with Gasteiger partial charge in [0.15, 0.2) is 23.0 Å². The Labute approximate surface area is 164 Å². The van der Waals surface area contributed by atoms with Crippen LogP contribution in [-0.2, 0) is 14.4 Å². The van der Waals surface area contributed by atoms with Gasteiger partial charge in [-0.2, -0.15) is 0 Å². The molecule has 0 fully saturated rings. The van der Waals surface area contributed by atoms with Crippen molar-refractivity contribution in [2.75, 3.05) is 34.3 Å². The van der Waals surface area contributed by atoms with Crippen molar-refractivity contribution >= 4 is 17.7 Å². The van der Waals surface area contributed by atoms with Crippen molar-refractivity contribution in [3.8, 4) is 11.5 Å². The van der Waals surface area contributed by atoms with Gasteiger partial charge in [0.1, 0.15) is 0 Å². The number of aliphatic hydroxyl groups excluding tert-OH is 1. The maximum atomic E-state index is 12.7. The zero-order valence-electron chi connectivity index (χ0n) is 16.8. The van der Waals surface area contributed by atoms with Gasteiger partial charge in [-0.3, -0.25) is 14.4 Å². The number of Topliss-reactive ketones (excluding diaryl/α,β-unsaturated/α-hetero) is 1. The number of carbonyl (C=O) groups excluding carboxylic acids is 3. The molecule has 0 spiro atoms. The van der Waals surface area contributed by atoms with E-state index in [-0.39, 0.29) is 23.5 Å². The van der Waals surface area contributed by atoms with Gasteiger partial charge in [-0.1, -0.05) is 13.0 Å². The highest BCUT2D eigenvalue weighted by Gasteiger charge is 2.43. The molecule has 0 aromatic heterocycles. The molecule has 0 saturated heterocycles. The van der Waals surface area contributed by atoms with Crippen LogP contribution in [0.25, 0.3) is 0 Å². The number of aliphatic hydroxyl groups is 1. The van der Waals surface area contributed by atoms with Crippen molar-refractivity contribution in [3.63, 3.8) is 0 Å². The highest BCUT2D eigenvalue weighted by molar-refractivity contribution is 6.08. The third-order valence-corrected chi connectivity index (χ3v) is 4.47. The van der Waals surface area contributed by atoms with E-state index in [9.17, 15) is 19.5 Å². The molecule has 0 saturated carbocycles. The van der Waals surface area contributed by atoms with Gasteiger partial charge in [0.2, 0.25) is 0 Å². The van der Waals surface area contributed by atoms with E-state index in [1.807, 2.05) is 19.0 Å². The molecule has 1 atom stereocenters. The lowest BCUT2D eigenvalue weighted by Gasteiger charge is -2.28. The minimum absolute atomic E-state index is 0.0604. The number of ether oxygens (including phenoxy) is 2. The summed E-state index contributed by atoms with van der Waals surface area (Å²) in [6, 6.07) is 4.09. The summed E-state index contributed by atoms with van der Waals surface area (Å²) in [6.45, 7) is 3.81. The van der Waals surface area contributed by atoms with E-state index in [1.54, 1.807) is 25.1 Å². The van der Waals surface area contributed by atoms with Gasteiger partial charge in [-0.15, -0.1) is 0 Å². The van der Waals surface area contributed by atoms with Crippen LogP contribution < -0.4 is 9.47 Å². The molecule has 0 bridgehead atoms. The second kappa shape index (κ2) is 8.88. The standard InChI is InChI=1S/C20H26N2O6/c1-6-14(24)17-18(22(10-9-21(3)4)20(26)19(17)25)13-7-8-15(27-5)16(11-13)28-12(2)23/h7-8,11,18,25H,6,9-10H2,1-5H3. The largest absolute Gasteiger partial charge is 0.503 e. The first kappa shape index (κ1) is 21.4. The molecule has 8 heteroatoms. The topological polar surface area (TPSA) is 96.4 Å². The summed E-state index contributed by atoms with van der Waals surface area (Å²) in [4.78, 5) is 39.9. The Hall–Kier alpha value is -2.87. The molecule has 0 radical (unpaired) electrons. The number of amides is 1. The molecule has 1 heterocycles. The predicted molar refractivity (Wildman–Crippen MR) is 102 cm³/mol. The summed E-state index contributed by atoms with van der Waals surface area (Å²) in [6.07, 6.45) is 0.150. The second-order valence-electron chi connectivity index (χ2n) is 6.75. The Morgan fingerprint density at radius 1 is 1.25 bits per heavy atom. The average molecular weight is 390 g/mol. The van der Waals surface area contributed by atoms with E-state index in [4.69, 9.17) is 9.47 Å². The number of ketones is 1. The molecular weight excluding hydrogens is 364 g/mol. The molecule has 1 aliphatic rings. The Balaban J connectivity index is 2.56. The van der Waals surface area contributed by atoms with Crippen LogP contribution >= 0.6 is 0 Å².